The van der Waals surface area contributed by atoms with E-state index in [9.17, 15) is 5.11 Å². The van der Waals surface area contributed by atoms with Gasteiger partial charge >= 0.3 is 0 Å². The van der Waals surface area contributed by atoms with Gasteiger partial charge in [0.15, 0.2) is 0 Å². The van der Waals surface area contributed by atoms with Crippen LogP contribution in [0.4, 0.5) is 0 Å². The molecule has 2 aromatic carbocycles. The van der Waals surface area contributed by atoms with Crippen LogP contribution in [0.5, 0.6) is 5.75 Å². The molecule has 0 radical (unpaired) electrons. The van der Waals surface area contributed by atoms with Crippen LogP contribution in [0.1, 0.15) is 31.0 Å². The van der Waals surface area contributed by atoms with E-state index in [4.69, 9.17) is 11.6 Å². The van der Waals surface area contributed by atoms with Crippen LogP contribution in [0.25, 0.3) is 0 Å². The minimum atomic E-state index is -0.0695. The minimum absolute atomic E-state index is 0.0695. The summed E-state index contributed by atoms with van der Waals surface area (Å²) < 4.78 is 0. The second kappa shape index (κ2) is 6.09. The first-order valence-corrected chi connectivity index (χ1v) is 6.75. The molecule has 1 atom stereocenters. The molecular weight excluding hydrogens is 258 g/mol. The van der Waals surface area contributed by atoms with Crippen molar-refractivity contribution in [1.82, 2.24) is 5.32 Å². The summed E-state index contributed by atoms with van der Waals surface area (Å²) in [7, 11) is 0. The average molecular weight is 276 g/mol. The number of aromatic hydroxyl groups is 1. The van der Waals surface area contributed by atoms with Crippen molar-refractivity contribution in [2.24, 2.45) is 0 Å². The van der Waals surface area contributed by atoms with E-state index < -0.39 is 0 Å². The van der Waals surface area contributed by atoms with Gasteiger partial charge in [-0.2, -0.15) is 0 Å². The molecule has 0 bridgehead atoms. The van der Waals surface area contributed by atoms with Crippen LogP contribution in [0.3, 0.4) is 0 Å². The molecule has 0 fully saturated rings. The van der Waals surface area contributed by atoms with E-state index in [1.807, 2.05) is 36.4 Å². The Morgan fingerprint density at radius 3 is 2.37 bits per heavy atom. The fourth-order valence-electron chi connectivity index (χ4n) is 2.10. The first-order valence-electron chi connectivity index (χ1n) is 6.37. The van der Waals surface area contributed by atoms with Gasteiger partial charge in [0.1, 0.15) is 5.75 Å². The molecule has 19 heavy (non-hydrogen) atoms. The van der Waals surface area contributed by atoms with Gasteiger partial charge in [0, 0.05) is 16.6 Å². The number of nitrogens with one attached hydrogen (secondary N) is 1. The lowest BCUT2D eigenvalue weighted by Crippen LogP contribution is -2.29. The summed E-state index contributed by atoms with van der Waals surface area (Å²) in [6.07, 6.45) is 0. The van der Waals surface area contributed by atoms with Crippen molar-refractivity contribution in [2.45, 2.75) is 25.9 Å². The zero-order chi connectivity index (χ0) is 13.8. The van der Waals surface area contributed by atoms with Crippen LogP contribution in [0, 0.1) is 0 Å². The van der Waals surface area contributed by atoms with E-state index in [-0.39, 0.29) is 11.8 Å². The Kier molecular flexibility index (Phi) is 4.46. The van der Waals surface area contributed by atoms with E-state index in [1.165, 1.54) is 0 Å². The maximum absolute atomic E-state index is 10.1. The second-order valence-electron chi connectivity index (χ2n) is 4.87. The molecule has 2 rings (SSSR count). The van der Waals surface area contributed by atoms with Crippen LogP contribution in [-0.2, 0) is 0 Å². The molecule has 2 N–H and O–H groups in total. The van der Waals surface area contributed by atoms with Gasteiger partial charge in [0.25, 0.3) is 0 Å². The Balaban J connectivity index is 2.46. The normalized spacial score (nSPS) is 12.6. The number of rotatable bonds is 4. The van der Waals surface area contributed by atoms with Gasteiger partial charge in [-0.1, -0.05) is 41.9 Å². The lowest BCUT2D eigenvalue weighted by Gasteiger charge is -2.23. The topological polar surface area (TPSA) is 32.3 Å². The Bertz CT molecular complexity index is 540. The average Bonchev–Trinajstić information content (AvgIpc) is 2.40. The molecule has 0 saturated heterocycles. The van der Waals surface area contributed by atoms with E-state index in [0.717, 1.165) is 11.1 Å². The number of halogens is 1. The maximum atomic E-state index is 10.1. The van der Waals surface area contributed by atoms with E-state index in [2.05, 4.69) is 19.2 Å². The van der Waals surface area contributed by atoms with Crippen LogP contribution in [-0.4, -0.2) is 11.1 Å². The van der Waals surface area contributed by atoms with E-state index in [0.29, 0.717) is 11.1 Å². The van der Waals surface area contributed by atoms with Gasteiger partial charge in [-0.15, -0.1) is 0 Å². The zero-order valence-corrected chi connectivity index (χ0v) is 11.9. The molecule has 2 nitrogen and oxygen atoms in total. The third-order valence-electron chi connectivity index (χ3n) is 2.93. The van der Waals surface area contributed by atoms with Gasteiger partial charge in [0.2, 0.25) is 0 Å². The lowest BCUT2D eigenvalue weighted by molar-refractivity contribution is 0.449. The highest BCUT2D eigenvalue weighted by Crippen LogP contribution is 2.31. The Morgan fingerprint density at radius 2 is 1.74 bits per heavy atom. The number of hydrogen-bond acceptors (Lipinski definition) is 2. The van der Waals surface area contributed by atoms with Gasteiger partial charge in [-0.3, -0.25) is 0 Å². The van der Waals surface area contributed by atoms with Crippen LogP contribution >= 0.6 is 11.6 Å². The van der Waals surface area contributed by atoms with Crippen LogP contribution in [0.15, 0.2) is 48.5 Å². The molecule has 2 aromatic rings. The molecule has 0 aliphatic heterocycles. The predicted octanol–water partition coefficient (Wildman–Crippen LogP) is 4.13. The van der Waals surface area contributed by atoms with Crippen molar-refractivity contribution >= 4 is 11.6 Å². The number of phenolic OH excluding ortho intramolecular Hbond substituents is 1. The summed E-state index contributed by atoms with van der Waals surface area (Å²) in [5.41, 5.74) is 1.90. The van der Waals surface area contributed by atoms with Crippen molar-refractivity contribution < 1.29 is 5.11 Å². The second-order valence-corrected chi connectivity index (χ2v) is 5.30. The number of phenols is 1. The molecule has 0 saturated carbocycles. The fourth-order valence-corrected chi connectivity index (χ4v) is 2.28. The summed E-state index contributed by atoms with van der Waals surface area (Å²) >= 11 is 6.05. The predicted molar refractivity (Wildman–Crippen MR) is 79.7 cm³/mol. The monoisotopic (exact) mass is 275 g/mol. The summed E-state index contributed by atoms with van der Waals surface area (Å²) in [5, 5.41) is 14.2. The molecule has 100 valence electrons. The Labute approximate surface area is 119 Å². The van der Waals surface area contributed by atoms with Gasteiger partial charge in [-0.25, -0.2) is 0 Å². The van der Waals surface area contributed by atoms with Crippen LogP contribution in [0.2, 0.25) is 5.02 Å². The van der Waals surface area contributed by atoms with Crippen molar-refractivity contribution in [3.8, 4) is 5.75 Å². The highest BCUT2D eigenvalue weighted by atomic mass is 35.5. The number of benzene rings is 2. The summed E-state index contributed by atoms with van der Waals surface area (Å²) in [4.78, 5) is 0. The van der Waals surface area contributed by atoms with Crippen molar-refractivity contribution in [2.75, 3.05) is 0 Å². The zero-order valence-electron chi connectivity index (χ0n) is 11.1. The molecule has 0 spiro atoms. The highest BCUT2D eigenvalue weighted by molar-refractivity contribution is 6.30. The molecule has 0 amide bonds. The maximum Gasteiger partial charge on any atom is 0.120 e. The van der Waals surface area contributed by atoms with Crippen molar-refractivity contribution in [3.05, 3.63) is 64.7 Å². The molecule has 0 heterocycles. The van der Waals surface area contributed by atoms with E-state index in [1.54, 1.807) is 12.1 Å². The molecule has 0 aromatic heterocycles. The lowest BCUT2D eigenvalue weighted by atomic mass is 9.97. The summed E-state index contributed by atoms with van der Waals surface area (Å²) in [6, 6.07) is 15.4. The first-order chi connectivity index (χ1) is 9.08. The molecule has 0 aliphatic rings. The fraction of sp³-hybridized carbons (Fsp3) is 0.250. The SMILES string of the molecule is CC(C)NC(c1ccccc1)c1cc(Cl)ccc1O. The minimum Gasteiger partial charge on any atom is -0.508 e. The largest absolute Gasteiger partial charge is 0.508 e. The molecular formula is C16H18ClNO. The molecule has 3 heteroatoms. The van der Waals surface area contributed by atoms with E-state index >= 15 is 0 Å². The number of hydrogen-bond donors (Lipinski definition) is 2. The Hall–Kier alpha value is -1.51. The summed E-state index contributed by atoms with van der Waals surface area (Å²) in [5.74, 6) is 0.256. The first kappa shape index (κ1) is 13.9. The van der Waals surface area contributed by atoms with Gasteiger partial charge in [-0.05, 0) is 37.6 Å². The van der Waals surface area contributed by atoms with Gasteiger partial charge < -0.3 is 10.4 Å². The van der Waals surface area contributed by atoms with Crippen molar-refractivity contribution in [1.29, 1.82) is 0 Å². The standard InChI is InChI=1S/C16H18ClNO/c1-11(2)18-16(12-6-4-3-5-7-12)14-10-13(17)8-9-15(14)19/h3-11,16,18-19H,1-2H3. The Morgan fingerprint density at radius 1 is 1.05 bits per heavy atom. The third kappa shape index (κ3) is 3.49. The molecule has 1 unspecified atom stereocenters. The highest BCUT2D eigenvalue weighted by Gasteiger charge is 2.18. The summed E-state index contributed by atoms with van der Waals surface area (Å²) in [6.45, 7) is 4.16. The third-order valence-corrected chi connectivity index (χ3v) is 3.17. The van der Waals surface area contributed by atoms with Gasteiger partial charge in [0.05, 0.1) is 6.04 Å². The van der Waals surface area contributed by atoms with Crippen LogP contribution < -0.4 is 5.32 Å². The quantitative estimate of drug-likeness (QED) is 0.879. The molecule has 0 aliphatic carbocycles. The smallest absolute Gasteiger partial charge is 0.120 e. The van der Waals surface area contributed by atoms with Crippen molar-refractivity contribution in [3.63, 3.8) is 0 Å².